The molecule has 2 saturated heterocycles. The number of carbonyl (C=O) groups excluding carboxylic acids is 4. The van der Waals surface area contributed by atoms with Crippen LogP contribution in [0.15, 0.2) is 72.8 Å². The van der Waals surface area contributed by atoms with Crippen LogP contribution in [0, 0.1) is 18.8 Å². The normalized spacial score (nSPS) is 24.8. The van der Waals surface area contributed by atoms with E-state index in [1.165, 1.54) is 0 Å². The first-order valence-electron chi connectivity index (χ1n) is 10.9. The Labute approximate surface area is 200 Å². The maximum Gasteiger partial charge on any atom is 0.241 e. The average molecular weight is 472 g/mol. The molecule has 7 heteroatoms. The van der Waals surface area contributed by atoms with Crippen LogP contribution in [0.2, 0.25) is 5.02 Å². The first-order valence-corrected chi connectivity index (χ1v) is 11.3. The van der Waals surface area contributed by atoms with Crippen LogP contribution in [-0.2, 0) is 14.3 Å². The Kier molecular flexibility index (Phi) is 4.43. The van der Waals surface area contributed by atoms with Gasteiger partial charge in [0.1, 0.15) is 0 Å². The van der Waals surface area contributed by atoms with Gasteiger partial charge in [0.2, 0.25) is 29.0 Å². The molecular formula is C27H18ClNO5. The minimum atomic E-state index is -2.11. The molecule has 3 aromatic carbocycles. The predicted octanol–water partition coefficient (Wildman–Crippen LogP) is 4.34. The van der Waals surface area contributed by atoms with Crippen LogP contribution in [0.1, 0.15) is 37.9 Å². The summed E-state index contributed by atoms with van der Waals surface area (Å²) in [5.41, 5.74) is 0.0937. The van der Waals surface area contributed by atoms with Crippen LogP contribution < -0.4 is 4.90 Å². The summed E-state index contributed by atoms with van der Waals surface area (Å²) in [5.74, 6) is -4.69. The summed E-state index contributed by atoms with van der Waals surface area (Å²) in [4.78, 5) is 56.1. The van der Waals surface area contributed by atoms with Gasteiger partial charge in [0.05, 0.1) is 23.6 Å². The number of aryl methyl sites for hydroxylation is 1. The van der Waals surface area contributed by atoms with E-state index < -0.39 is 46.9 Å². The van der Waals surface area contributed by atoms with Crippen LogP contribution in [0.5, 0.6) is 0 Å². The molecule has 3 aliphatic rings. The number of fused-ring (bicyclic) bond motifs is 3. The Hall–Kier alpha value is -3.61. The lowest BCUT2D eigenvalue weighted by atomic mass is 9.77. The van der Waals surface area contributed by atoms with Gasteiger partial charge in [0, 0.05) is 21.7 Å². The Morgan fingerprint density at radius 1 is 0.794 bits per heavy atom. The number of nitrogens with zero attached hydrogens (tertiary/aromatic N) is 1. The molecule has 2 heterocycles. The lowest BCUT2D eigenvalue weighted by molar-refractivity contribution is -0.127. The van der Waals surface area contributed by atoms with E-state index in [0.717, 1.165) is 10.5 Å². The fraction of sp³-hybridized carbons (Fsp3) is 0.185. The van der Waals surface area contributed by atoms with E-state index in [2.05, 4.69) is 0 Å². The fourth-order valence-electron chi connectivity index (χ4n) is 5.45. The first-order chi connectivity index (χ1) is 16.4. The minimum Gasteiger partial charge on any atom is -0.349 e. The second-order valence-corrected chi connectivity index (χ2v) is 9.26. The van der Waals surface area contributed by atoms with Crippen LogP contribution in [0.4, 0.5) is 5.69 Å². The van der Waals surface area contributed by atoms with Crippen molar-refractivity contribution in [2.45, 2.75) is 18.6 Å². The largest absolute Gasteiger partial charge is 0.349 e. The van der Waals surface area contributed by atoms with Gasteiger partial charge in [0.15, 0.2) is 0 Å². The number of imide groups is 1. The third-order valence-electron chi connectivity index (χ3n) is 7.02. The molecule has 0 radical (unpaired) electrons. The molecule has 0 aromatic heterocycles. The second-order valence-electron chi connectivity index (χ2n) is 8.85. The van der Waals surface area contributed by atoms with Crippen molar-refractivity contribution in [3.63, 3.8) is 0 Å². The molecule has 0 unspecified atom stereocenters. The van der Waals surface area contributed by atoms with Gasteiger partial charge >= 0.3 is 0 Å². The lowest BCUT2D eigenvalue weighted by Crippen LogP contribution is -2.51. The quantitative estimate of drug-likeness (QED) is 0.410. The molecule has 3 atom stereocenters. The molecule has 6 rings (SSSR count). The smallest absolute Gasteiger partial charge is 0.241 e. The van der Waals surface area contributed by atoms with E-state index in [4.69, 9.17) is 16.3 Å². The van der Waals surface area contributed by atoms with Gasteiger partial charge in [-0.1, -0.05) is 71.8 Å². The topological polar surface area (TPSA) is 80.8 Å². The van der Waals surface area contributed by atoms with Gasteiger partial charge in [-0.3, -0.25) is 19.2 Å². The zero-order chi connectivity index (χ0) is 23.8. The number of amides is 2. The van der Waals surface area contributed by atoms with E-state index in [1.54, 1.807) is 72.8 Å². The number of ether oxygens (including phenoxy) is 1. The summed E-state index contributed by atoms with van der Waals surface area (Å²) in [5, 5.41) is 0.327. The average Bonchev–Trinajstić information content (AvgIpc) is 3.40. The second kappa shape index (κ2) is 7.19. The molecule has 1 spiro atoms. The Bertz CT molecular complexity index is 1380. The van der Waals surface area contributed by atoms with Crippen LogP contribution in [0.25, 0.3) is 0 Å². The number of anilines is 1. The van der Waals surface area contributed by atoms with Gasteiger partial charge in [-0.2, -0.15) is 0 Å². The molecule has 2 fully saturated rings. The van der Waals surface area contributed by atoms with Gasteiger partial charge in [-0.15, -0.1) is 0 Å². The Morgan fingerprint density at radius 3 is 2.00 bits per heavy atom. The summed E-state index contributed by atoms with van der Waals surface area (Å²) in [6.07, 6.45) is -1.03. The molecule has 2 amide bonds. The highest BCUT2D eigenvalue weighted by molar-refractivity contribution is 6.37. The van der Waals surface area contributed by atoms with Gasteiger partial charge in [-0.25, -0.2) is 4.90 Å². The number of carbonyl (C=O) groups is 4. The third kappa shape index (κ3) is 2.55. The van der Waals surface area contributed by atoms with Crippen molar-refractivity contribution in [1.29, 1.82) is 0 Å². The molecule has 3 aromatic rings. The Balaban J connectivity index is 1.56. The van der Waals surface area contributed by atoms with Crippen LogP contribution >= 0.6 is 11.6 Å². The van der Waals surface area contributed by atoms with Crippen molar-refractivity contribution in [2.24, 2.45) is 11.8 Å². The summed E-state index contributed by atoms with van der Waals surface area (Å²) in [6, 6.07) is 20.1. The highest BCUT2D eigenvalue weighted by Gasteiger charge is 2.74. The number of hydrogen-bond acceptors (Lipinski definition) is 5. The van der Waals surface area contributed by atoms with Gasteiger partial charge in [0.25, 0.3) is 0 Å². The van der Waals surface area contributed by atoms with Crippen molar-refractivity contribution in [3.05, 3.63) is 100 Å². The van der Waals surface area contributed by atoms with Crippen molar-refractivity contribution < 1.29 is 23.9 Å². The van der Waals surface area contributed by atoms with Crippen molar-refractivity contribution >= 4 is 40.7 Å². The zero-order valence-corrected chi connectivity index (χ0v) is 18.8. The van der Waals surface area contributed by atoms with E-state index in [9.17, 15) is 19.2 Å². The fourth-order valence-corrected chi connectivity index (χ4v) is 5.70. The third-order valence-corrected chi connectivity index (χ3v) is 7.37. The van der Waals surface area contributed by atoms with E-state index in [1.807, 2.05) is 6.92 Å². The molecule has 0 N–H and O–H groups in total. The number of hydrogen-bond donors (Lipinski definition) is 0. The summed E-state index contributed by atoms with van der Waals surface area (Å²) in [6.45, 7) is 1.90. The number of ketones is 2. The molecule has 1 aliphatic carbocycles. The maximum absolute atomic E-state index is 13.8. The number of Topliss-reactive ketones (excluding diaryl/α,β-unsaturated/α-hetero) is 2. The monoisotopic (exact) mass is 471 g/mol. The number of benzene rings is 3. The molecule has 0 saturated carbocycles. The minimum absolute atomic E-state index is 0.195. The van der Waals surface area contributed by atoms with E-state index in [-0.39, 0.29) is 11.1 Å². The SMILES string of the molecule is Cc1ccc(N2C(=O)[C@@H]3[C@@H](c4ccccc4Cl)OC4(C(=O)c5ccccc5C4=O)[C@H]3C2=O)cc1. The zero-order valence-electron chi connectivity index (χ0n) is 18.0. The van der Waals surface area contributed by atoms with Crippen molar-refractivity contribution in [3.8, 4) is 0 Å². The lowest BCUT2D eigenvalue weighted by Gasteiger charge is -2.27. The number of halogens is 1. The molecule has 2 aliphatic heterocycles. The summed E-state index contributed by atoms with van der Waals surface area (Å²) >= 11 is 6.45. The molecular weight excluding hydrogens is 454 g/mol. The highest BCUT2D eigenvalue weighted by atomic mass is 35.5. The Morgan fingerprint density at radius 2 is 1.38 bits per heavy atom. The summed E-state index contributed by atoms with van der Waals surface area (Å²) in [7, 11) is 0. The van der Waals surface area contributed by atoms with Crippen LogP contribution in [0.3, 0.4) is 0 Å². The maximum atomic E-state index is 13.8. The van der Waals surface area contributed by atoms with Crippen molar-refractivity contribution in [1.82, 2.24) is 0 Å². The van der Waals surface area contributed by atoms with Gasteiger partial charge in [-0.05, 0) is 25.1 Å². The molecule has 6 nitrogen and oxygen atoms in total. The van der Waals surface area contributed by atoms with Gasteiger partial charge < -0.3 is 4.74 Å². The molecule has 0 bridgehead atoms. The first kappa shape index (κ1) is 21.0. The summed E-state index contributed by atoms with van der Waals surface area (Å²) < 4.78 is 6.24. The standard InChI is InChI=1S/C27H18ClNO5/c1-14-10-12-15(13-11-14)29-25(32)20-21(26(29)33)27(34-22(20)18-8-4-5-9-19(18)28)23(30)16-6-2-3-7-17(16)24(27)31/h2-13,20-22H,1H3/t20-,21+,22+/m0/s1. The number of rotatable bonds is 2. The highest BCUT2D eigenvalue weighted by Crippen LogP contribution is 2.58. The molecule has 168 valence electrons. The van der Waals surface area contributed by atoms with E-state index >= 15 is 0 Å². The van der Waals surface area contributed by atoms with E-state index in [0.29, 0.717) is 16.3 Å². The molecule has 34 heavy (non-hydrogen) atoms. The van der Waals surface area contributed by atoms with Crippen LogP contribution in [-0.4, -0.2) is 29.0 Å². The predicted molar refractivity (Wildman–Crippen MR) is 124 cm³/mol. The van der Waals surface area contributed by atoms with Crippen molar-refractivity contribution in [2.75, 3.05) is 4.90 Å².